The normalized spacial score (nSPS) is 10.2. The number of pyridine rings is 1. The molecule has 0 aliphatic carbocycles. The molecule has 1 amide bonds. The quantitative estimate of drug-likeness (QED) is 0.794. The lowest BCUT2D eigenvalue weighted by Crippen LogP contribution is -2.31. The van der Waals surface area contributed by atoms with Crippen LogP contribution >= 0.6 is 0 Å². The smallest absolute Gasteiger partial charge is 0.258 e. The second kappa shape index (κ2) is 6.83. The molecule has 0 aliphatic heterocycles. The van der Waals surface area contributed by atoms with Gasteiger partial charge in [-0.3, -0.25) is 4.79 Å². The van der Waals surface area contributed by atoms with Gasteiger partial charge in [0.25, 0.3) is 5.91 Å². The fraction of sp³-hybridized carbons (Fsp3) is 0.250. The maximum Gasteiger partial charge on any atom is 0.258 e. The lowest BCUT2D eigenvalue weighted by molar-refractivity contribution is 0.0747. The Labute approximate surface area is 123 Å². The van der Waals surface area contributed by atoms with E-state index < -0.39 is 5.95 Å². The molecule has 21 heavy (non-hydrogen) atoms. The Bertz CT molecular complexity index is 614. The van der Waals surface area contributed by atoms with Crippen LogP contribution in [0.15, 0.2) is 42.6 Å². The number of nitrogens with zero attached hydrogens (tertiary/aromatic N) is 2. The third kappa shape index (κ3) is 3.56. The number of halogens is 1. The van der Waals surface area contributed by atoms with E-state index in [1.54, 1.807) is 18.1 Å². The van der Waals surface area contributed by atoms with Crippen molar-refractivity contribution in [2.45, 2.75) is 13.5 Å². The number of methoxy groups -OCH3 is 1. The van der Waals surface area contributed by atoms with Gasteiger partial charge >= 0.3 is 0 Å². The van der Waals surface area contributed by atoms with Crippen molar-refractivity contribution in [1.82, 2.24) is 9.88 Å². The minimum atomic E-state index is -0.740. The number of hydrogen-bond donors (Lipinski definition) is 0. The Morgan fingerprint density at radius 3 is 2.57 bits per heavy atom. The topological polar surface area (TPSA) is 42.4 Å². The van der Waals surface area contributed by atoms with E-state index in [1.807, 2.05) is 31.2 Å². The minimum Gasteiger partial charge on any atom is -0.497 e. The highest BCUT2D eigenvalue weighted by Crippen LogP contribution is 2.15. The van der Waals surface area contributed by atoms with E-state index in [9.17, 15) is 9.18 Å². The zero-order valence-electron chi connectivity index (χ0n) is 12.0. The molecule has 0 fully saturated rings. The Kier molecular flexibility index (Phi) is 4.87. The van der Waals surface area contributed by atoms with Gasteiger partial charge < -0.3 is 9.64 Å². The van der Waals surface area contributed by atoms with Crippen LogP contribution in [-0.2, 0) is 6.54 Å². The predicted molar refractivity (Wildman–Crippen MR) is 77.6 cm³/mol. The maximum atomic E-state index is 13.6. The predicted octanol–water partition coefficient (Wildman–Crippen LogP) is 2.89. The van der Waals surface area contributed by atoms with E-state index in [2.05, 4.69) is 4.98 Å². The highest BCUT2D eigenvalue weighted by Gasteiger charge is 2.18. The summed E-state index contributed by atoms with van der Waals surface area (Å²) >= 11 is 0. The molecule has 4 nitrogen and oxygen atoms in total. The summed E-state index contributed by atoms with van der Waals surface area (Å²) in [5, 5.41) is 0. The van der Waals surface area contributed by atoms with Gasteiger partial charge in [-0.1, -0.05) is 12.1 Å². The number of rotatable bonds is 5. The standard InChI is InChI=1S/C16H17FN2O2/c1-3-19(11-12-6-8-13(21-2)9-7-12)16(20)14-5-4-10-18-15(14)17/h4-10H,3,11H2,1-2H3. The molecule has 1 aromatic carbocycles. The van der Waals surface area contributed by atoms with Crippen LogP contribution in [0.1, 0.15) is 22.8 Å². The van der Waals surface area contributed by atoms with Crippen LogP contribution in [0.25, 0.3) is 0 Å². The van der Waals surface area contributed by atoms with Crippen LogP contribution in [0.2, 0.25) is 0 Å². The molecule has 0 bridgehead atoms. The molecule has 5 heteroatoms. The number of ether oxygens (including phenoxy) is 1. The first-order valence-corrected chi connectivity index (χ1v) is 6.68. The molecule has 0 N–H and O–H groups in total. The van der Waals surface area contributed by atoms with Gasteiger partial charge in [0.1, 0.15) is 5.75 Å². The molecular weight excluding hydrogens is 271 g/mol. The second-order valence-corrected chi connectivity index (χ2v) is 4.51. The summed E-state index contributed by atoms with van der Waals surface area (Å²) in [6.45, 7) is 2.75. The van der Waals surface area contributed by atoms with Crippen molar-refractivity contribution in [2.75, 3.05) is 13.7 Å². The van der Waals surface area contributed by atoms with E-state index in [0.29, 0.717) is 13.1 Å². The van der Waals surface area contributed by atoms with Gasteiger partial charge in [0, 0.05) is 19.3 Å². The van der Waals surface area contributed by atoms with E-state index in [0.717, 1.165) is 11.3 Å². The summed E-state index contributed by atoms with van der Waals surface area (Å²) in [5.41, 5.74) is 0.947. The summed E-state index contributed by atoms with van der Waals surface area (Å²) in [7, 11) is 1.60. The first-order valence-electron chi connectivity index (χ1n) is 6.68. The van der Waals surface area contributed by atoms with Gasteiger partial charge in [-0.05, 0) is 36.8 Å². The Hall–Kier alpha value is -2.43. The van der Waals surface area contributed by atoms with Crippen LogP contribution in [-0.4, -0.2) is 29.4 Å². The van der Waals surface area contributed by atoms with Gasteiger partial charge in [-0.15, -0.1) is 0 Å². The van der Waals surface area contributed by atoms with Crippen LogP contribution < -0.4 is 4.74 Å². The maximum absolute atomic E-state index is 13.6. The lowest BCUT2D eigenvalue weighted by Gasteiger charge is -2.21. The number of aromatic nitrogens is 1. The van der Waals surface area contributed by atoms with E-state index in [-0.39, 0.29) is 11.5 Å². The molecule has 0 aliphatic rings. The van der Waals surface area contributed by atoms with Gasteiger partial charge in [-0.2, -0.15) is 4.39 Å². The van der Waals surface area contributed by atoms with Crippen molar-refractivity contribution in [3.63, 3.8) is 0 Å². The van der Waals surface area contributed by atoms with Crippen molar-refractivity contribution in [2.24, 2.45) is 0 Å². The number of carbonyl (C=O) groups is 1. The SMILES string of the molecule is CCN(Cc1ccc(OC)cc1)C(=O)c1cccnc1F. The molecule has 0 radical (unpaired) electrons. The van der Waals surface area contributed by atoms with Gasteiger partial charge in [0.05, 0.1) is 12.7 Å². The summed E-state index contributed by atoms with van der Waals surface area (Å²) < 4.78 is 18.7. The average Bonchev–Trinajstić information content (AvgIpc) is 2.53. The molecule has 0 spiro atoms. The van der Waals surface area contributed by atoms with Crippen molar-refractivity contribution >= 4 is 5.91 Å². The van der Waals surface area contributed by atoms with Crippen LogP contribution in [0, 0.1) is 5.95 Å². The molecule has 1 aromatic heterocycles. The number of amides is 1. The molecule has 2 rings (SSSR count). The first-order chi connectivity index (χ1) is 10.2. The van der Waals surface area contributed by atoms with Gasteiger partial charge in [0.15, 0.2) is 0 Å². The number of carbonyl (C=O) groups excluding carboxylic acids is 1. The molecule has 2 aromatic rings. The molecule has 0 saturated carbocycles. The Morgan fingerprint density at radius 2 is 2.00 bits per heavy atom. The minimum absolute atomic E-state index is 0.00661. The summed E-state index contributed by atoms with van der Waals surface area (Å²) in [5.74, 6) is -0.346. The van der Waals surface area contributed by atoms with Crippen molar-refractivity contribution in [3.8, 4) is 5.75 Å². The Balaban J connectivity index is 2.15. The summed E-state index contributed by atoms with van der Waals surface area (Å²) in [4.78, 5) is 17.4. The Morgan fingerprint density at radius 1 is 1.29 bits per heavy atom. The summed E-state index contributed by atoms with van der Waals surface area (Å²) in [6, 6.07) is 10.4. The van der Waals surface area contributed by atoms with Crippen molar-refractivity contribution < 1.29 is 13.9 Å². The largest absolute Gasteiger partial charge is 0.497 e. The second-order valence-electron chi connectivity index (χ2n) is 4.51. The number of benzene rings is 1. The molecule has 110 valence electrons. The fourth-order valence-electron chi connectivity index (χ4n) is 1.99. The lowest BCUT2D eigenvalue weighted by atomic mass is 10.1. The highest BCUT2D eigenvalue weighted by atomic mass is 19.1. The van der Waals surface area contributed by atoms with Crippen LogP contribution in [0.4, 0.5) is 4.39 Å². The third-order valence-corrected chi connectivity index (χ3v) is 3.19. The molecule has 0 atom stereocenters. The zero-order chi connectivity index (χ0) is 15.2. The van der Waals surface area contributed by atoms with E-state index in [1.165, 1.54) is 12.3 Å². The fourth-order valence-corrected chi connectivity index (χ4v) is 1.99. The van der Waals surface area contributed by atoms with Crippen LogP contribution in [0.3, 0.4) is 0 Å². The van der Waals surface area contributed by atoms with Crippen LogP contribution in [0.5, 0.6) is 5.75 Å². The van der Waals surface area contributed by atoms with E-state index >= 15 is 0 Å². The van der Waals surface area contributed by atoms with Gasteiger partial charge in [0.2, 0.25) is 5.95 Å². The molecule has 0 saturated heterocycles. The molecule has 0 unspecified atom stereocenters. The molecule has 1 heterocycles. The summed E-state index contributed by atoms with van der Waals surface area (Å²) in [6.07, 6.45) is 1.33. The van der Waals surface area contributed by atoms with Gasteiger partial charge in [-0.25, -0.2) is 4.98 Å². The zero-order valence-corrected chi connectivity index (χ0v) is 12.0. The van der Waals surface area contributed by atoms with E-state index in [4.69, 9.17) is 4.74 Å². The third-order valence-electron chi connectivity index (χ3n) is 3.19. The number of hydrogen-bond acceptors (Lipinski definition) is 3. The first kappa shape index (κ1) is 15.0. The molecular formula is C16H17FN2O2. The van der Waals surface area contributed by atoms with Crippen molar-refractivity contribution in [3.05, 3.63) is 59.7 Å². The van der Waals surface area contributed by atoms with Crippen molar-refractivity contribution in [1.29, 1.82) is 0 Å². The highest BCUT2D eigenvalue weighted by molar-refractivity contribution is 5.94. The average molecular weight is 288 g/mol. The monoisotopic (exact) mass is 288 g/mol.